The molecule has 3 rings (SSSR count). The summed E-state index contributed by atoms with van der Waals surface area (Å²) in [4.78, 5) is 36.2. The smallest absolute Gasteiger partial charge is 0.493 e. The van der Waals surface area contributed by atoms with Crippen molar-refractivity contribution >= 4 is 40.4 Å². The lowest BCUT2D eigenvalue weighted by Gasteiger charge is -2.15. The monoisotopic (exact) mass is 659 g/mol. The van der Waals surface area contributed by atoms with Gasteiger partial charge in [-0.05, 0) is 59.7 Å². The molecule has 0 bridgehead atoms. The SMILES string of the molecule is COC(=O)C[C@H](NC(=O)c1ccc(OS(=O)(=O)Oc2cc(/C=C\c3cc(OC)c(OC)c(OC)c3)ccc2OC)cc1)C(=O)OC. The molecule has 0 aliphatic rings. The fraction of sp³-hybridized carbons (Fsp3) is 0.258. The third-order valence-electron chi connectivity index (χ3n) is 6.24. The second kappa shape index (κ2) is 16.0. The Labute approximate surface area is 266 Å². The van der Waals surface area contributed by atoms with Crippen LogP contribution in [0.4, 0.5) is 0 Å². The first-order valence-corrected chi connectivity index (χ1v) is 14.7. The molecule has 0 aliphatic heterocycles. The second-order valence-electron chi connectivity index (χ2n) is 9.13. The summed E-state index contributed by atoms with van der Waals surface area (Å²) in [6.07, 6.45) is 3.01. The van der Waals surface area contributed by atoms with Gasteiger partial charge in [-0.2, -0.15) is 0 Å². The van der Waals surface area contributed by atoms with Gasteiger partial charge in [-0.3, -0.25) is 9.59 Å². The maximum Gasteiger partial charge on any atom is 0.501 e. The number of carbonyl (C=O) groups is 3. The highest BCUT2D eigenvalue weighted by molar-refractivity contribution is 7.82. The number of hydrogen-bond donors (Lipinski definition) is 1. The van der Waals surface area contributed by atoms with Gasteiger partial charge in [-0.15, -0.1) is 8.42 Å². The lowest BCUT2D eigenvalue weighted by atomic mass is 10.1. The standard InChI is InChI=1S/C31H33NO13S/c1-38-24-14-9-19(7-8-20-16-26(39-2)29(42-5)27(17-20)40-3)15-25(24)45-46(36,37)44-22-12-10-21(11-13-22)30(34)32-23(31(35)43-6)18-28(33)41-4/h7-17,23H,18H2,1-6H3,(H,32,34)/b8-7-/t23-/m0/s1. The van der Waals surface area contributed by atoms with Gasteiger partial charge in [0.1, 0.15) is 11.8 Å². The minimum atomic E-state index is -4.68. The van der Waals surface area contributed by atoms with E-state index >= 15 is 0 Å². The van der Waals surface area contributed by atoms with Crippen molar-refractivity contribution in [2.24, 2.45) is 0 Å². The van der Waals surface area contributed by atoms with E-state index in [1.807, 2.05) is 0 Å². The first kappa shape index (κ1) is 35.0. The van der Waals surface area contributed by atoms with E-state index in [2.05, 4.69) is 14.8 Å². The molecule has 1 N–H and O–H groups in total. The molecule has 0 unspecified atom stereocenters. The predicted molar refractivity (Wildman–Crippen MR) is 165 cm³/mol. The van der Waals surface area contributed by atoms with Crippen LogP contribution in [0.15, 0.2) is 54.6 Å². The van der Waals surface area contributed by atoms with Crippen molar-refractivity contribution in [1.29, 1.82) is 0 Å². The van der Waals surface area contributed by atoms with Crippen LogP contribution < -0.4 is 32.6 Å². The maximum absolute atomic E-state index is 12.8. The summed E-state index contributed by atoms with van der Waals surface area (Å²) < 4.78 is 66.4. The molecule has 15 heteroatoms. The predicted octanol–water partition coefficient (Wildman–Crippen LogP) is 3.43. The van der Waals surface area contributed by atoms with Crippen molar-refractivity contribution in [3.8, 4) is 34.5 Å². The van der Waals surface area contributed by atoms with Crippen molar-refractivity contribution in [1.82, 2.24) is 5.32 Å². The van der Waals surface area contributed by atoms with Gasteiger partial charge in [0.2, 0.25) is 5.75 Å². The molecule has 46 heavy (non-hydrogen) atoms. The minimum Gasteiger partial charge on any atom is -0.493 e. The molecule has 0 heterocycles. The summed E-state index contributed by atoms with van der Waals surface area (Å²) in [7, 11) is 3.42. The Hall–Kier alpha value is -5.44. The van der Waals surface area contributed by atoms with Gasteiger partial charge in [0.15, 0.2) is 23.0 Å². The molecular formula is C31H33NO13S. The number of rotatable bonds is 15. The summed E-state index contributed by atoms with van der Waals surface area (Å²) in [6, 6.07) is 11.8. The van der Waals surface area contributed by atoms with Crippen molar-refractivity contribution in [2.75, 3.05) is 42.7 Å². The molecular weight excluding hydrogens is 626 g/mol. The molecule has 3 aromatic rings. The number of ether oxygens (including phenoxy) is 6. The third kappa shape index (κ3) is 9.28. The fourth-order valence-corrected chi connectivity index (χ4v) is 4.72. The fourth-order valence-electron chi connectivity index (χ4n) is 3.99. The van der Waals surface area contributed by atoms with E-state index in [4.69, 9.17) is 27.3 Å². The number of esters is 2. The number of amides is 1. The molecule has 3 aromatic carbocycles. The molecule has 1 atom stereocenters. The summed E-state index contributed by atoms with van der Waals surface area (Å²) in [5.41, 5.74) is 1.32. The van der Waals surface area contributed by atoms with Crippen LogP contribution in [0, 0.1) is 0 Å². The minimum absolute atomic E-state index is 0.0395. The van der Waals surface area contributed by atoms with E-state index in [1.165, 1.54) is 64.8 Å². The van der Waals surface area contributed by atoms with Crippen LogP contribution in [0.25, 0.3) is 12.2 Å². The third-order valence-corrected chi connectivity index (χ3v) is 7.02. The largest absolute Gasteiger partial charge is 0.501 e. The van der Waals surface area contributed by atoms with Gasteiger partial charge in [-0.25, -0.2) is 4.79 Å². The van der Waals surface area contributed by atoms with Crippen LogP contribution in [-0.4, -0.2) is 75.0 Å². The Morgan fingerprint density at radius 3 is 1.83 bits per heavy atom. The Balaban J connectivity index is 1.75. The zero-order valence-electron chi connectivity index (χ0n) is 25.9. The van der Waals surface area contributed by atoms with Crippen LogP contribution in [-0.2, 0) is 29.5 Å². The van der Waals surface area contributed by atoms with Gasteiger partial charge in [0.25, 0.3) is 5.91 Å². The van der Waals surface area contributed by atoms with Crippen LogP contribution in [0.5, 0.6) is 34.5 Å². The quantitative estimate of drug-likeness (QED) is 0.186. The van der Waals surface area contributed by atoms with Gasteiger partial charge in [0.05, 0.1) is 49.1 Å². The Kier molecular flexibility index (Phi) is 12.2. The maximum atomic E-state index is 12.8. The van der Waals surface area contributed by atoms with Gasteiger partial charge in [0, 0.05) is 5.56 Å². The van der Waals surface area contributed by atoms with Crippen LogP contribution in [0.2, 0.25) is 0 Å². The zero-order valence-corrected chi connectivity index (χ0v) is 26.7. The van der Waals surface area contributed by atoms with E-state index in [0.717, 1.165) is 14.2 Å². The molecule has 0 radical (unpaired) electrons. The molecule has 0 spiro atoms. The molecule has 0 fully saturated rings. The van der Waals surface area contributed by atoms with Crippen LogP contribution in [0.3, 0.4) is 0 Å². The van der Waals surface area contributed by atoms with E-state index in [0.29, 0.717) is 28.4 Å². The average Bonchev–Trinajstić information content (AvgIpc) is 3.05. The molecule has 14 nitrogen and oxygen atoms in total. The molecule has 0 saturated carbocycles. The lowest BCUT2D eigenvalue weighted by Crippen LogP contribution is -2.43. The van der Waals surface area contributed by atoms with Crippen molar-refractivity contribution < 1.29 is 59.6 Å². The van der Waals surface area contributed by atoms with Crippen LogP contribution >= 0.6 is 0 Å². The van der Waals surface area contributed by atoms with Gasteiger partial charge < -0.3 is 42.1 Å². The highest BCUT2D eigenvalue weighted by atomic mass is 32.3. The number of hydrogen-bond acceptors (Lipinski definition) is 13. The molecule has 0 aromatic heterocycles. The van der Waals surface area contributed by atoms with Gasteiger partial charge in [-0.1, -0.05) is 18.2 Å². The van der Waals surface area contributed by atoms with E-state index in [-0.39, 0.29) is 22.8 Å². The highest BCUT2D eigenvalue weighted by Crippen LogP contribution is 2.39. The molecule has 0 saturated heterocycles. The van der Waals surface area contributed by atoms with Crippen molar-refractivity contribution in [2.45, 2.75) is 12.5 Å². The van der Waals surface area contributed by atoms with E-state index in [1.54, 1.807) is 30.4 Å². The van der Waals surface area contributed by atoms with Crippen LogP contribution in [0.1, 0.15) is 27.9 Å². The highest BCUT2D eigenvalue weighted by Gasteiger charge is 2.26. The summed E-state index contributed by atoms with van der Waals surface area (Å²) in [5.74, 6) is -1.16. The molecule has 0 aliphatic carbocycles. The zero-order chi connectivity index (χ0) is 33.9. The Bertz CT molecular complexity index is 1660. The van der Waals surface area contributed by atoms with E-state index in [9.17, 15) is 22.8 Å². The number of methoxy groups -OCH3 is 6. The first-order valence-electron chi connectivity index (χ1n) is 13.3. The van der Waals surface area contributed by atoms with Crippen molar-refractivity contribution in [3.63, 3.8) is 0 Å². The Morgan fingerprint density at radius 1 is 0.696 bits per heavy atom. The Morgan fingerprint density at radius 2 is 1.28 bits per heavy atom. The second-order valence-corrected chi connectivity index (χ2v) is 10.3. The summed E-state index contributed by atoms with van der Waals surface area (Å²) in [6.45, 7) is 0. The average molecular weight is 660 g/mol. The lowest BCUT2D eigenvalue weighted by molar-refractivity contribution is -0.149. The topological polar surface area (TPSA) is 171 Å². The summed E-state index contributed by atoms with van der Waals surface area (Å²) in [5, 5.41) is 2.37. The first-order chi connectivity index (χ1) is 22.0. The molecule has 246 valence electrons. The number of carbonyl (C=O) groups excluding carboxylic acids is 3. The van der Waals surface area contributed by atoms with Gasteiger partial charge >= 0.3 is 22.3 Å². The number of benzene rings is 3. The van der Waals surface area contributed by atoms with Crippen molar-refractivity contribution in [3.05, 3.63) is 71.3 Å². The summed E-state index contributed by atoms with van der Waals surface area (Å²) >= 11 is 0. The number of nitrogens with one attached hydrogen (secondary N) is 1. The van der Waals surface area contributed by atoms with E-state index < -0.39 is 40.7 Å². The normalized spacial score (nSPS) is 11.6. The molecule has 1 amide bonds.